The molecule has 0 bridgehead atoms. The highest BCUT2D eigenvalue weighted by Gasteiger charge is 2.25. The summed E-state index contributed by atoms with van der Waals surface area (Å²) in [5, 5.41) is 3.53. The molecule has 1 fully saturated rings. The number of hydrogen-bond acceptors (Lipinski definition) is 3. The molecule has 1 saturated heterocycles. The maximum absolute atomic E-state index is 5.71. The number of benzene rings is 1. The molecule has 0 aliphatic carbocycles. The van der Waals surface area contributed by atoms with Crippen molar-refractivity contribution in [3.05, 3.63) is 28.2 Å². The summed E-state index contributed by atoms with van der Waals surface area (Å²) in [5.41, 5.74) is 2.70. The Kier molecular flexibility index (Phi) is 5.33. The highest BCUT2D eigenvalue weighted by Crippen LogP contribution is 2.31. The molecule has 2 atom stereocenters. The van der Waals surface area contributed by atoms with Gasteiger partial charge in [-0.1, -0.05) is 6.07 Å². The molecule has 1 heterocycles. The van der Waals surface area contributed by atoms with E-state index >= 15 is 0 Å². The summed E-state index contributed by atoms with van der Waals surface area (Å²) < 4.78 is 6.88. The average molecular weight is 355 g/mol. The maximum Gasteiger partial charge on any atom is 0.0723 e. The molecule has 2 unspecified atom stereocenters. The van der Waals surface area contributed by atoms with Crippen LogP contribution in [0.2, 0.25) is 0 Å². The molecular formula is C17H27BrN2O. The van der Waals surface area contributed by atoms with Gasteiger partial charge in [0.25, 0.3) is 0 Å². The topological polar surface area (TPSA) is 24.5 Å². The molecule has 0 saturated carbocycles. The van der Waals surface area contributed by atoms with Gasteiger partial charge < -0.3 is 15.0 Å². The quantitative estimate of drug-likeness (QED) is 0.889. The van der Waals surface area contributed by atoms with Crippen molar-refractivity contribution in [3.63, 3.8) is 0 Å². The Labute approximate surface area is 137 Å². The van der Waals surface area contributed by atoms with E-state index in [4.69, 9.17) is 4.74 Å². The molecule has 0 spiro atoms. The summed E-state index contributed by atoms with van der Waals surface area (Å²) >= 11 is 3.74. The van der Waals surface area contributed by atoms with Gasteiger partial charge >= 0.3 is 0 Å². The molecule has 0 amide bonds. The van der Waals surface area contributed by atoms with Crippen molar-refractivity contribution in [1.29, 1.82) is 0 Å². The van der Waals surface area contributed by atoms with Crippen molar-refractivity contribution in [2.24, 2.45) is 0 Å². The molecule has 3 nitrogen and oxygen atoms in total. The molecule has 0 radical (unpaired) electrons. The molecule has 0 aromatic heterocycles. The Morgan fingerprint density at radius 1 is 1.33 bits per heavy atom. The molecule has 21 heavy (non-hydrogen) atoms. The maximum atomic E-state index is 5.71. The van der Waals surface area contributed by atoms with Crippen molar-refractivity contribution in [3.8, 4) is 0 Å². The number of rotatable bonds is 3. The van der Waals surface area contributed by atoms with E-state index < -0.39 is 0 Å². The van der Waals surface area contributed by atoms with Crippen LogP contribution in [-0.4, -0.2) is 30.8 Å². The standard InChI is InChI=1S/C17H27BrN2O/c1-12-11-21-13(2)10-20(12)16-7-6-14(8-15(16)18)9-19-17(3,4)5/h6-8,12-13,19H,9-11H2,1-5H3. The van der Waals surface area contributed by atoms with Crippen LogP contribution in [0.4, 0.5) is 5.69 Å². The molecule has 1 aliphatic rings. The molecule has 4 heteroatoms. The van der Waals surface area contributed by atoms with Crippen LogP contribution in [0.1, 0.15) is 40.2 Å². The van der Waals surface area contributed by atoms with Crippen molar-refractivity contribution < 1.29 is 4.74 Å². The first-order valence-electron chi connectivity index (χ1n) is 7.68. The predicted molar refractivity (Wildman–Crippen MR) is 93.0 cm³/mol. The van der Waals surface area contributed by atoms with Crippen LogP contribution in [0.15, 0.2) is 22.7 Å². The van der Waals surface area contributed by atoms with Gasteiger partial charge in [-0.3, -0.25) is 0 Å². The van der Waals surface area contributed by atoms with E-state index in [1.165, 1.54) is 11.3 Å². The predicted octanol–water partition coefficient (Wildman–Crippen LogP) is 3.95. The highest BCUT2D eigenvalue weighted by atomic mass is 79.9. The lowest BCUT2D eigenvalue weighted by Crippen LogP contribution is -2.47. The van der Waals surface area contributed by atoms with Gasteiger partial charge in [-0.25, -0.2) is 0 Å². The summed E-state index contributed by atoms with van der Waals surface area (Å²) in [7, 11) is 0. The molecule has 1 aliphatic heterocycles. The lowest BCUT2D eigenvalue weighted by atomic mass is 10.1. The van der Waals surface area contributed by atoms with E-state index in [9.17, 15) is 0 Å². The van der Waals surface area contributed by atoms with Crippen LogP contribution in [0.5, 0.6) is 0 Å². The zero-order valence-electron chi connectivity index (χ0n) is 13.7. The van der Waals surface area contributed by atoms with Crippen LogP contribution in [0.25, 0.3) is 0 Å². The minimum absolute atomic E-state index is 0.138. The highest BCUT2D eigenvalue weighted by molar-refractivity contribution is 9.10. The van der Waals surface area contributed by atoms with Crippen molar-refractivity contribution >= 4 is 21.6 Å². The van der Waals surface area contributed by atoms with Gasteiger partial charge in [0.2, 0.25) is 0 Å². The third kappa shape index (κ3) is 4.70. The third-order valence-corrected chi connectivity index (χ3v) is 4.39. The van der Waals surface area contributed by atoms with Gasteiger partial charge in [0.1, 0.15) is 0 Å². The molecule has 2 rings (SSSR count). The average Bonchev–Trinajstić information content (AvgIpc) is 2.39. The lowest BCUT2D eigenvalue weighted by Gasteiger charge is -2.39. The van der Waals surface area contributed by atoms with E-state index in [1.54, 1.807) is 0 Å². The van der Waals surface area contributed by atoms with Crippen molar-refractivity contribution in [2.75, 3.05) is 18.1 Å². The number of anilines is 1. The first-order chi connectivity index (χ1) is 9.76. The van der Waals surface area contributed by atoms with E-state index in [-0.39, 0.29) is 11.6 Å². The number of halogens is 1. The molecule has 118 valence electrons. The fraction of sp³-hybridized carbons (Fsp3) is 0.647. The Morgan fingerprint density at radius 2 is 2.05 bits per heavy atom. The fourth-order valence-corrected chi connectivity index (χ4v) is 3.15. The van der Waals surface area contributed by atoms with Gasteiger partial charge in [0.05, 0.1) is 18.4 Å². The smallest absolute Gasteiger partial charge is 0.0723 e. The van der Waals surface area contributed by atoms with Gasteiger partial charge in [-0.2, -0.15) is 0 Å². The summed E-state index contributed by atoms with van der Waals surface area (Å²) in [6.45, 7) is 13.5. The summed E-state index contributed by atoms with van der Waals surface area (Å²) in [6, 6.07) is 7.07. The van der Waals surface area contributed by atoms with Gasteiger partial charge in [0, 0.05) is 29.1 Å². The Bertz CT molecular complexity index is 484. The summed E-state index contributed by atoms with van der Waals surface area (Å²) in [6.07, 6.45) is 0.287. The monoisotopic (exact) mass is 354 g/mol. The second-order valence-electron chi connectivity index (χ2n) is 7.03. The Morgan fingerprint density at radius 3 is 2.67 bits per heavy atom. The lowest BCUT2D eigenvalue weighted by molar-refractivity contribution is 0.0343. The number of morpholine rings is 1. The Balaban J connectivity index is 2.11. The number of nitrogens with one attached hydrogen (secondary N) is 1. The van der Waals surface area contributed by atoms with E-state index in [0.717, 1.165) is 24.2 Å². The van der Waals surface area contributed by atoms with E-state index in [0.29, 0.717) is 6.04 Å². The second kappa shape index (κ2) is 6.67. The van der Waals surface area contributed by atoms with Crippen LogP contribution in [0.3, 0.4) is 0 Å². The SMILES string of the molecule is CC1CN(c2ccc(CNC(C)(C)C)cc2Br)C(C)CO1. The third-order valence-electron chi connectivity index (χ3n) is 3.75. The van der Waals surface area contributed by atoms with Crippen LogP contribution in [0, 0.1) is 0 Å². The number of nitrogens with zero attached hydrogens (tertiary/aromatic N) is 1. The van der Waals surface area contributed by atoms with Crippen LogP contribution in [-0.2, 0) is 11.3 Å². The Hall–Kier alpha value is -0.580. The van der Waals surface area contributed by atoms with E-state index in [1.807, 2.05) is 0 Å². The molecule has 1 N–H and O–H groups in total. The first kappa shape index (κ1) is 16.8. The van der Waals surface area contributed by atoms with Crippen LogP contribution >= 0.6 is 15.9 Å². The van der Waals surface area contributed by atoms with Gasteiger partial charge in [-0.05, 0) is 68.2 Å². The minimum atomic E-state index is 0.138. The molecule has 1 aromatic rings. The van der Waals surface area contributed by atoms with Crippen molar-refractivity contribution in [1.82, 2.24) is 5.32 Å². The molecule has 1 aromatic carbocycles. The minimum Gasteiger partial charge on any atom is -0.375 e. The largest absolute Gasteiger partial charge is 0.375 e. The second-order valence-corrected chi connectivity index (χ2v) is 7.89. The number of hydrogen-bond donors (Lipinski definition) is 1. The molecular weight excluding hydrogens is 328 g/mol. The summed E-state index contributed by atoms with van der Waals surface area (Å²) in [5.74, 6) is 0. The zero-order valence-corrected chi connectivity index (χ0v) is 15.3. The fourth-order valence-electron chi connectivity index (χ4n) is 2.50. The summed E-state index contributed by atoms with van der Waals surface area (Å²) in [4.78, 5) is 2.43. The van der Waals surface area contributed by atoms with Crippen molar-refractivity contribution in [2.45, 2.75) is 58.8 Å². The van der Waals surface area contributed by atoms with E-state index in [2.05, 4.69) is 79.0 Å². The first-order valence-corrected chi connectivity index (χ1v) is 8.47. The normalized spacial score (nSPS) is 23.4. The van der Waals surface area contributed by atoms with Gasteiger partial charge in [-0.15, -0.1) is 0 Å². The zero-order chi connectivity index (χ0) is 15.6. The number of ether oxygens (including phenoxy) is 1. The van der Waals surface area contributed by atoms with Crippen LogP contribution < -0.4 is 10.2 Å². The van der Waals surface area contributed by atoms with Gasteiger partial charge in [0.15, 0.2) is 0 Å².